The van der Waals surface area contributed by atoms with E-state index >= 15 is 0 Å². The molecule has 1 atom stereocenters. The monoisotopic (exact) mass is 304 g/mol. The summed E-state index contributed by atoms with van der Waals surface area (Å²) < 4.78 is 10.5. The predicted molar refractivity (Wildman–Crippen MR) is 82.9 cm³/mol. The molecule has 1 aromatic carbocycles. The number of aliphatic hydroxyl groups excluding tert-OH is 1. The standard InChI is InChI=1S/C16H20N2O4/c1-2-21-14-7-4-3-6-12(14)18-16(20)17-10-9-13(19)15-8-5-11-22-15/h3-8,11,13,19H,2,9-10H2,1H3,(H2,17,18,20). The lowest BCUT2D eigenvalue weighted by Gasteiger charge is -2.13. The molecule has 0 bridgehead atoms. The number of benzene rings is 1. The smallest absolute Gasteiger partial charge is 0.319 e. The molecule has 6 heteroatoms. The number of nitrogens with one attached hydrogen (secondary N) is 2. The number of furan rings is 1. The number of urea groups is 1. The lowest BCUT2D eigenvalue weighted by molar-refractivity contribution is 0.140. The van der Waals surface area contributed by atoms with Gasteiger partial charge < -0.3 is 24.9 Å². The van der Waals surface area contributed by atoms with Crippen LogP contribution in [0.1, 0.15) is 25.2 Å². The summed E-state index contributed by atoms with van der Waals surface area (Å²) in [5, 5.41) is 15.3. The molecule has 0 aliphatic heterocycles. The van der Waals surface area contributed by atoms with Gasteiger partial charge in [-0.25, -0.2) is 4.79 Å². The van der Waals surface area contributed by atoms with E-state index in [1.54, 1.807) is 24.3 Å². The molecule has 1 aromatic heterocycles. The number of para-hydroxylation sites is 2. The zero-order valence-corrected chi connectivity index (χ0v) is 12.4. The Bertz CT molecular complexity index is 584. The molecule has 0 aliphatic carbocycles. The largest absolute Gasteiger partial charge is 0.492 e. The zero-order valence-electron chi connectivity index (χ0n) is 12.4. The highest BCUT2D eigenvalue weighted by molar-refractivity contribution is 5.90. The Morgan fingerprint density at radius 3 is 2.86 bits per heavy atom. The lowest BCUT2D eigenvalue weighted by atomic mass is 10.2. The predicted octanol–water partition coefficient (Wildman–Crippen LogP) is 2.92. The fourth-order valence-corrected chi connectivity index (χ4v) is 1.96. The van der Waals surface area contributed by atoms with Crippen molar-refractivity contribution in [1.82, 2.24) is 5.32 Å². The number of hydrogen-bond acceptors (Lipinski definition) is 4. The number of amides is 2. The van der Waals surface area contributed by atoms with Crippen LogP contribution in [0.3, 0.4) is 0 Å². The molecule has 0 radical (unpaired) electrons. The Hall–Kier alpha value is -2.47. The van der Waals surface area contributed by atoms with Crippen LogP contribution in [0.15, 0.2) is 47.1 Å². The quantitative estimate of drug-likeness (QED) is 0.734. The van der Waals surface area contributed by atoms with Crippen molar-refractivity contribution < 1.29 is 19.1 Å². The third-order valence-corrected chi connectivity index (χ3v) is 3.01. The van der Waals surface area contributed by atoms with Crippen LogP contribution in [0.4, 0.5) is 10.5 Å². The highest BCUT2D eigenvalue weighted by atomic mass is 16.5. The van der Waals surface area contributed by atoms with E-state index in [0.717, 1.165) is 0 Å². The van der Waals surface area contributed by atoms with Crippen molar-refractivity contribution in [1.29, 1.82) is 0 Å². The van der Waals surface area contributed by atoms with Crippen molar-refractivity contribution in [3.05, 3.63) is 48.4 Å². The summed E-state index contributed by atoms with van der Waals surface area (Å²) in [7, 11) is 0. The van der Waals surface area contributed by atoms with Gasteiger partial charge >= 0.3 is 6.03 Å². The molecule has 0 aliphatic rings. The van der Waals surface area contributed by atoms with E-state index in [9.17, 15) is 9.90 Å². The zero-order chi connectivity index (χ0) is 15.8. The van der Waals surface area contributed by atoms with E-state index < -0.39 is 6.10 Å². The second-order valence-corrected chi connectivity index (χ2v) is 4.63. The van der Waals surface area contributed by atoms with Crippen molar-refractivity contribution >= 4 is 11.7 Å². The SMILES string of the molecule is CCOc1ccccc1NC(=O)NCCC(O)c1ccco1. The Morgan fingerprint density at radius 2 is 2.14 bits per heavy atom. The highest BCUT2D eigenvalue weighted by Gasteiger charge is 2.11. The second kappa shape index (κ2) is 8.09. The molecular formula is C16H20N2O4. The van der Waals surface area contributed by atoms with Crippen LogP contribution in [0, 0.1) is 0 Å². The van der Waals surface area contributed by atoms with Crippen molar-refractivity contribution in [2.24, 2.45) is 0 Å². The number of aliphatic hydroxyl groups is 1. The van der Waals surface area contributed by atoms with Gasteiger partial charge in [0.1, 0.15) is 17.6 Å². The molecular weight excluding hydrogens is 284 g/mol. The van der Waals surface area contributed by atoms with E-state index in [1.807, 2.05) is 19.1 Å². The summed E-state index contributed by atoms with van der Waals surface area (Å²) in [6.45, 7) is 2.73. The van der Waals surface area contributed by atoms with Gasteiger partial charge in [-0.2, -0.15) is 0 Å². The van der Waals surface area contributed by atoms with Gasteiger partial charge in [-0.3, -0.25) is 0 Å². The first-order chi connectivity index (χ1) is 10.7. The maximum absolute atomic E-state index is 11.9. The van der Waals surface area contributed by atoms with Crippen LogP contribution >= 0.6 is 0 Å². The number of hydrogen-bond donors (Lipinski definition) is 3. The van der Waals surface area contributed by atoms with Crippen LogP contribution in [-0.4, -0.2) is 24.3 Å². The normalized spacial score (nSPS) is 11.7. The summed E-state index contributed by atoms with van der Waals surface area (Å²) >= 11 is 0. The van der Waals surface area contributed by atoms with E-state index in [-0.39, 0.29) is 6.03 Å². The molecule has 0 saturated carbocycles. The first-order valence-corrected chi connectivity index (χ1v) is 7.19. The fraction of sp³-hybridized carbons (Fsp3) is 0.312. The number of ether oxygens (including phenoxy) is 1. The van der Waals surface area contributed by atoms with Crippen molar-refractivity contribution in [3.8, 4) is 5.75 Å². The van der Waals surface area contributed by atoms with Crippen molar-refractivity contribution in [2.75, 3.05) is 18.5 Å². The van der Waals surface area contributed by atoms with Gasteiger partial charge in [0.15, 0.2) is 0 Å². The minimum absolute atomic E-state index is 0.324. The average Bonchev–Trinajstić information content (AvgIpc) is 3.04. The minimum Gasteiger partial charge on any atom is -0.492 e. The molecule has 2 amide bonds. The molecule has 2 aromatic rings. The van der Waals surface area contributed by atoms with Crippen LogP contribution < -0.4 is 15.4 Å². The molecule has 118 valence electrons. The highest BCUT2D eigenvalue weighted by Crippen LogP contribution is 2.23. The summed E-state index contributed by atoms with van der Waals surface area (Å²) in [4.78, 5) is 11.9. The summed E-state index contributed by atoms with van der Waals surface area (Å²) in [5.74, 6) is 1.11. The summed E-state index contributed by atoms with van der Waals surface area (Å²) in [6, 6.07) is 10.3. The Labute approximate surface area is 129 Å². The first kappa shape index (κ1) is 15.9. The Kier molecular flexibility index (Phi) is 5.85. The van der Waals surface area contributed by atoms with Crippen LogP contribution in [-0.2, 0) is 0 Å². The van der Waals surface area contributed by atoms with E-state index in [0.29, 0.717) is 36.8 Å². The molecule has 1 unspecified atom stereocenters. The third-order valence-electron chi connectivity index (χ3n) is 3.01. The molecule has 0 fully saturated rings. The summed E-state index contributed by atoms with van der Waals surface area (Å²) in [6.07, 6.45) is 1.14. The van der Waals surface area contributed by atoms with Crippen LogP contribution in [0.2, 0.25) is 0 Å². The topological polar surface area (TPSA) is 83.7 Å². The number of carbonyl (C=O) groups is 1. The van der Waals surface area contributed by atoms with Gasteiger partial charge in [-0.15, -0.1) is 0 Å². The molecule has 6 nitrogen and oxygen atoms in total. The third kappa shape index (κ3) is 4.53. The van der Waals surface area contributed by atoms with Gasteiger partial charge in [0.05, 0.1) is 18.6 Å². The Morgan fingerprint density at radius 1 is 1.32 bits per heavy atom. The average molecular weight is 304 g/mol. The second-order valence-electron chi connectivity index (χ2n) is 4.63. The van der Waals surface area contributed by atoms with Crippen LogP contribution in [0.25, 0.3) is 0 Å². The van der Waals surface area contributed by atoms with Gasteiger partial charge in [0.2, 0.25) is 0 Å². The number of anilines is 1. The van der Waals surface area contributed by atoms with Gasteiger partial charge in [0, 0.05) is 6.54 Å². The molecule has 22 heavy (non-hydrogen) atoms. The van der Waals surface area contributed by atoms with Gasteiger partial charge in [0.25, 0.3) is 0 Å². The van der Waals surface area contributed by atoms with Gasteiger partial charge in [-0.05, 0) is 37.6 Å². The maximum Gasteiger partial charge on any atom is 0.319 e. The van der Waals surface area contributed by atoms with E-state index in [4.69, 9.17) is 9.15 Å². The molecule has 0 spiro atoms. The first-order valence-electron chi connectivity index (χ1n) is 7.19. The molecule has 1 heterocycles. The van der Waals surface area contributed by atoms with Crippen molar-refractivity contribution in [2.45, 2.75) is 19.4 Å². The molecule has 3 N–H and O–H groups in total. The Balaban J connectivity index is 1.78. The number of carbonyl (C=O) groups excluding carboxylic acids is 1. The fourth-order valence-electron chi connectivity index (χ4n) is 1.96. The molecule has 0 saturated heterocycles. The van der Waals surface area contributed by atoms with Crippen molar-refractivity contribution in [3.63, 3.8) is 0 Å². The minimum atomic E-state index is -0.731. The van der Waals surface area contributed by atoms with E-state index in [1.165, 1.54) is 6.26 Å². The van der Waals surface area contributed by atoms with Gasteiger partial charge in [-0.1, -0.05) is 12.1 Å². The summed E-state index contributed by atoms with van der Waals surface area (Å²) in [5.41, 5.74) is 0.605. The van der Waals surface area contributed by atoms with Crippen LogP contribution in [0.5, 0.6) is 5.75 Å². The van der Waals surface area contributed by atoms with E-state index in [2.05, 4.69) is 10.6 Å². The number of rotatable bonds is 7. The maximum atomic E-state index is 11.9. The molecule has 2 rings (SSSR count). The lowest BCUT2D eigenvalue weighted by Crippen LogP contribution is -2.30.